The molecular formula is C38H71N2O6P. The molecule has 47 heavy (non-hydrogen) atoms. The molecule has 0 saturated heterocycles. The summed E-state index contributed by atoms with van der Waals surface area (Å²) >= 11 is 0. The number of allylic oxidation sites excluding steroid dienone is 7. The van der Waals surface area contributed by atoms with Crippen LogP contribution < -0.4 is 10.2 Å². The topological polar surface area (TPSA) is 108 Å². The number of phosphoric acid groups is 1. The van der Waals surface area contributed by atoms with Gasteiger partial charge in [-0.15, -0.1) is 0 Å². The van der Waals surface area contributed by atoms with E-state index in [2.05, 4.69) is 55.6 Å². The van der Waals surface area contributed by atoms with Crippen LogP contribution >= 0.6 is 7.82 Å². The Morgan fingerprint density at radius 3 is 1.83 bits per heavy atom. The Morgan fingerprint density at radius 1 is 0.745 bits per heavy atom. The number of carbonyl (C=O) groups excluding carboxylic acids is 1. The summed E-state index contributed by atoms with van der Waals surface area (Å²) in [5, 5.41) is 13.6. The van der Waals surface area contributed by atoms with Crippen LogP contribution in [0.5, 0.6) is 0 Å². The summed E-state index contributed by atoms with van der Waals surface area (Å²) in [5.41, 5.74) is 0. The predicted octanol–water partition coefficient (Wildman–Crippen LogP) is 8.72. The lowest BCUT2D eigenvalue weighted by molar-refractivity contribution is -0.870. The first kappa shape index (κ1) is 45.5. The van der Waals surface area contributed by atoms with Crippen molar-refractivity contribution in [1.82, 2.24) is 5.32 Å². The summed E-state index contributed by atoms with van der Waals surface area (Å²) in [7, 11) is 1.22. The maximum Gasteiger partial charge on any atom is 0.268 e. The molecule has 1 amide bonds. The number of hydrogen-bond donors (Lipinski definition) is 2. The summed E-state index contributed by atoms with van der Waals surface area (Å²) in [6.07, 6.45) is 35.9. The predicted molar refractivity (Wildman–Crippen MR) is 196 cm³/mol. The minimum atomic E-state index is -4.59. The van der Waals surface area contributed by atoms with Gasteiger partial charge in [-0.2, -0.15) is 0 Å². The molecule has 0 aromatic heterocycles. The molecule has 0 rings (SSSR count). The highest BCUT2D eigenvalue weighted by Crippen LogP contribution is 2.38. The first-order valence-corrected chi connectivity index (χ1v) is 20.0. The highest BCUT2D eigenvalue weighted by Gasteiger charge is 2.23. The summed E-state index contributed by atoms with van der Waals surface area (Å²) in [6, 6.07) is -0.908. The van der Waals surface area contributed by atoms with Crippen LogP contribution in [0.2, 0.25) is 0 Å². The van der Waals surface area contributed by atoms with Gasteiger partial charge in [0.2, 0.25) is 5.91 Å². The highest BCUT2D eigenvalue weighted by atomic mass is 31.2. The van der Waals surface area contributed by atoms with Crippen LogP contribution in [0.15, 0.2) is 48.6 Å². The Bertz CT molecular complexity index is 912. The summed E-state index contributed by atoms with van der Waals surface area (Å²) in [4.78, 5) is 25.1. The van der Waals surface area contributed by atoms with Crippen molar-refractivity contribution in [3.63, 3.8) is 0 Å². The van der Waals surface area contributed by atoms with E-state index in [9.17, 15) is 19.4 Å². The van der Waals surface area contributed by atoms with E-state index in [1.54, 1.807) is 6.08 Å². The van der Waals surface area contributed by atoms with Gasteiger partial charge in [0, 0.05) is 6.42 Å². The number of aliphatic hydroxyl groups excluding tert-OH is 1. The number of rotatable bonds is 32. The Balaban J connectivity index is 4.57. The first-order chi connectivity index (χ1) is 22.5. The van der Waals surface area contributed by atoms with Gasteiger partial charge in [0.25, 0.3) is 7.82 Å². The molecule has 0 spiro atoms. The molecule has 0 aliphatic rings. The van der Waals surface area contributed by atoms with Crippen LogP contribution in [-0.4, -0.2) is 68.5 Å². The number of nitrogens with one attached hydrogen (secondary N) is 1. The number of aliphatic hydroxyl groups is 1. The molecule has 2 N–H and O–H groups in total. The van der Waals surface area contributed by atoms with E-state index in [0.29, 0.717) is 17.4 Å². The van der Waals surface area contributed by atoms with Crippen LogP contribution in [0.3, 0.4) is 0 Å². The minimum absolute atomic E-state index is 0.0115. The van der Waals surface area contributed by atoms with E-state index in [4.69, 9.17) is 9.05 Å². The standard InChI is InChI=1S/C38H71N2O6P/c1-6-8-10-12-14-16-18-19-20-21-22-24-26-28-30-32-38(42)39-36(35-46-47(43,44)45-34-33-40(3,4)5)37(41)31-29-27-25-23-17-15-13-11-9-7-2/h9,11,16-18,23,29,31,36-37,41H,6-8,10,12-15,19-22,24-28,30,32-35H2,1-5H3,(H-,39,42,43,44)/b11-9+,18-16-,23-17+,31-29+. The Hall–Kier alpha value is -1.54. The molecule has 3 unspecified atom stereocenters. The average molecular weight is 683 g/mol. The first-order valence-electron chi connectivity index (χ1n) is 18.5. The van der Waals surface area contributed by atoms with Gasteiger partial charge in [-0.05, 0) is 64.2 Å². The highest BCUT2D eigenvalue weighted by molar-refractivity contribution is 7.45. The van der Waals surface area contributed by atoms with Gasteiger partial charge in [-0.25, -0.2) is 0 Å². The van der Waals surface area contributed by atoms with Crippen LogP contribution in [0, 0.1) is 0 Å². The van der Waals surface area contributed by atoms with Crippen molar-refractivity contribution in [3.8, 4) is 0 Å². The molecule has 0 fully saturated rings. The minimum Gasteiger partial charge on any atom is -0.756 e. The molecule has 0 heterocycles. The second-order valence-corrected chi connectivity index (χ2v) is 14.9. The quantitative estimate of drug-likeness (QED) is 0.0318. The van der Waals surface area contributed by atoms with Gasteiger partial charge in [-0.1, -0.05) is 114 Å². The number of likely N-dealkylation sites (N-methyl/N-ethyl adjacent to an activating group) is 1. The zero-order chi connectivity index (χ0) is 35.1. The van der Waals surface area contributed by atoms with E-state index in [0.717, 1.165) is 57.8 Å². The second kappa shape index (κ2) is 30.5. The maximum atomic E-state index is 12.7. The summed E-state index contributed by atoms with van der Waals surface area (Å²) in [6.45, 7) is 4.44. The molecule has 3 atom stereocenters. The second-order valence-electron chi connectivity index (χ2n) is 13.5. The largest absolute Gasteiger partial charge is 0.756 e. The van der Waals surface area contributed by atoms with Gasteiger partial charge < -0.3 is 28.8 Å². The van der Waals surface area contributed by atoms with Gasteiger partial charge in [0.1, 0.15) is 13.2 Å². The fourth-order valence-electron chi connectivity index (χ4n) is 4.77. The smallest absolute Gasteiger partial charge is 0.268 e. The molecule has 8 nitrogen and oxygen atoms in total. The van der Waals surface area contributed by atoms with E-state index >= 15 is 0 Å². The van der Waals surface area contributed by atoms with Crippen LogP contribution in [0.4, 0.5) is 0 Å². The number of amides is 1. The van der Waals surface area contributed by atoms with E-state index in [1.807, 2.05) is 27.2 Å². The summed E-state index contributed by atoms with van der Waals surface area (Å²) in [5.74, 6) is -0.223. The third kappa shape index (κ3) is 32.8. The van der Waals surface area contributed by atoms with Crippen molar-refractivity contribution in [2.75, 3.05) is 40.9 Å². The maximum absolute atomic E-state index is 12.7. The number of nitrogens with zero attached hydrogens (tertiary/aromatic N) is 1. The molecule has 274 valence electrons. The van der Waals surface area contributed by atoms with Crippen LogP contribution in [-0.2, 0) is 18.4 Å². The SMILES string of the molecule is CC/C=C/CC/C=C/CC/C=C/C(O)C(COP(=O)([O-])OCC[N+](C)(C)C)NC(=O)CCCCCCCCC/C=C\CCCCCC. The molecule has 0 aliphatic heterocycles. The number of unbranched alkanes of at least 4 members (excludes halogenated alkanes) is 13. The molecule has 0 bridgehead atoms. The zero-order valence-corrected chi connectivity index (χ0v) is 31.6. The van der Waals surface area contributed by atoms with Gasteiger partial charge in [0.15, 0.2) is 0 Å². The van der Waals surface area contributed by atoms with Crippen molar-refractivity contribution < 1.29 is 32.9 Å². The van der Waals surface area contributed by atoms with E-state index in [1.165, 1.54) is 57.8 Å². The van der Waals surface area contributed by atoms with Gasteiger partial charge >= 0.3 is 0 Å². The van der Waals surface area contributed by atoms with Gasteiger partial charge in [-0.3, -0.25) is 9.36 Å². The normalized spacial score (nSPS) is 15.3. The van der Waals surface area contributed by atoms with E-state index in [-0.39, 0.29) is 12.5 Å². The van der Waals surface area contributed by atoms with E-state index < -0.39 is 26.6 Å². The van der Waals surface area contributed by atoms with Crippen molar-refractivity contribution in [2.45, 2.75) is 148 Å². The monoisotopic (exact) mass is 683 g/mol. The van der Waals surface area contributed by atoms with Gasteiger partial charge in [0.05, 0.1) is 39.9 Å². The number of carbonyl (C=O) groups is 1. The van der Waals surface area contributed by atoms with Crippen LogP contribution in [0.1, 0.15) is 136 Å². The lowest BCUT2D eigenvalue weighted by Crippen LogP contribution is -2.45. The number of hydrogen-bond acceptors (Lipinski definition) is 6. The molecular weight excluding hydrogens is 611 g/mol. The lowest BCUT2D eigenvalue weighted by Gasteiger charge is -2.29. The third-order valence-corrected chi connectivity index (χ3v) is 8.71. The van der Waals surface area contributed by atoms with Crippen molar-refractivity contribution in [1.29, 1.82) is 0 Å². The Kier molecular flexibility index (Phi) is 29.5. The fraction of sp³-hybridized carbons (Fsp3) is 0.763. The fourth-order valence-corrected chi connectivity index (χ4v) is 5.49. The lowest BCUT2D eigenvalue weighted by atomic mass is 10.1. The Labute approximate surface area is 289 Å². The average Bonchev–Trinajstić information content (AvgIpc) is 3.01. The third-order valence-electron chi connectivity index (χ3n) is 7.75. The van der Waals surface area contributed by atoms with Crippen molar-refractivity contribution >= 4 is 13.7 Å². The van der Waals surface area contributed by atoms with Crippen molar-refractivity contribution in [3.05, 3.63) is 48.6 Å². The Morgan fingerprint density at radius 2 is 1.26 bits per heavy atom. The molecule has 0 saturated carbocycles. The number of phosphoric ester groups is 1. The summed E-state index contributed by atoms with van der Waals surface area (Å²) < 4.78 is 23.0. The van der Waals surface area contributed by atoms with Crippen molar-refractivity contribution in [2.24, 2.45) is 0 Å². The molecule has 0 aliphatic carbocycles. The molecule has 0 radical (unpaired) electrons. The molecule has 0 aromatic rings. The molecule has 0 aromatic carbocycles. The number of quaternary nitrogens is 1. The molecule has 9 heteroatoms. The zero-order valence-electron chi connectivity index (χ0n) is 30.7. The van der Waals surface area contributed by atoms with Crippen LogP contribution in [0.25, 0.3) is 0 Å².